The van der Waals surface area contributed by atoms with Crippen LogP contribution in [0.5, 0.6) is 11.5 Å². The topological polar surface area (TPSA) is 76.7 Å². The number of rotatable bonds is 6. The van der Waals surface area contributed by atoms with Crippen molar-refractivity contribution >= 4 is 41.1 Å². The second-order valence-electron chi connectivity index (χ2n) is 8.60. The largest absolute Gasteiger partial charge is 0.488 e. The lowest BCUT2D eigenvalue weighted by Crippen LogP contribution is -2.84. The molecule has 0 saturated heterocycles. The fraction of sp³-hybridized carbons (Fsp3) is 0.304. The monoisotopic (exact) mass is 476 g/mol. The zero-order chi connectivity index (χ0) is 22.5. The predicted molar refractivity (Wildman–Crippen MR) is 117 cm³/mol. The molecule has 2 amide bonds. The Hall–Kier alpha value is -2.77. The van der Waals surface area contributed by atoms with Gasteiger partial charge in [-0.3, -0.25) is 9.59 Å². The minimum atomic E-state index is -0.604. The number of fused-ring (bicyclic) bond motifs is 1. The van der Waals surface area contributed by atoms with E-state index in [1.165, 1.54) is 12.1 Å². The third-order valence-electron chi connectivity index (χ3n) is 6.05. The molecule has 3 saturated carbocycles. The molecule has 2 aromatic rings. The predicted octanol–water partition coefficient (Wildman–Crippen LogP) is 3.89. The average Bonchev–Trinajstić information content (AvgIpc) is 2.71. The van der Waals surface area contributed by atoms with Crippen LogP contribution in [0.1, 0.15) is 24.8 Å². The molecule has 1 aliphatic heterocycles. The van der Waals surface area contributed by atoms with Gasteiger partial charge in [0.2, 0.25) is 0 Å². The molecule has 0 spiro atoms. The quantitative estimate of drug-likeness (QED) is 0.662. The van der Waals surface area contributed by atoms with Crippen LogP contribution in [0.3, 0.4) is 0 Å². The third kappa shape index (κ3) is 3.91. The second-order valence-corrected chi connectivity index (χ2v) is 9.44. The number of halogens is 3. The lowest BCUT2D eigenvalue weighted by molar-refractivity contribution is -0.149. The van der Waals surface area contributed by atoms with Crippen LogP contribution in [0.2, 0.25) is 10.0 Å². The van der Waals surface area contributed by atoms with Gasteiger partial charge in [0, 0.05) is 27.7 Å². The molecule has 2 bridgehead atoms. The molecule has 3 aliphatic carbocycles. The molecule has 2 N–H and O–H groups in total. The van der Waals surface area contributed by atoms with Crippen molar-refractivity contribution in [2.45, 2.75) is 30.3 Å². The van der Waals surface area contributed by atoms with Gasteiger partial charge in [0.05, 0.1) is 10.6 Å². The Kier molecular flexibility index (Phi) is 5.06. The van der Waals surface area contributed by atoms with Crippen LogP contribution in [-0.2, 0) is 9.59 Å². The summed E-state index contributed by atoms with van der Waals surface area (Å²) in [6.07, 6.45) is 3.79. The van der Waals surface area contributed by atoms with Crippen LogP contribution in [0.15, 0.2) is 42.0 Å². The van der Waals surface area contributed by atoms with Crippen molar-refractivity contribution in [3.05, 3.63) is 63.4 Å². The molecule has 1 heterocycles. The Morgan fingerprint density at radius 1 is 1.06 bits per heavy atom. The smallest absolute Gasteiger partial charge is 0.258 e. The third-order valence-corrected chi connectivity index (χ3v) is 6.60. The van der Waals surface area contributed by atoms with Gasteiger partial charge in [0.1, 0.15) is 23.9 Å². The van der Waals surface area contributed by atoms with E-state index in [1.807, 2.05) is 12.1 Å². The van der Waals surface area contributed by atoms with Gasteiger partial charge < -0.3 is 20.1 Å². The van der Waals surface area contributed by atoms with Gasteiger partial charge in [-0.2, -0.15) is 0 Å². The van der Waals surface area contributed by atoms with E-state index >= 15 is 0 Å². The highest BCUT2D eigenvalue weighted by Gasteiger charge is 2.69. The van der Waals surface area contributed by atoms with Crippen molar-refractivity contribution in [2.24, 2.45) is 0 Å². The summed E-state index contributed by atoms with van der Waals surface area (Å²) in [5.74, 6) is -0.176. The van der Waals surface area contributed by atoms with Crippen molar-refractivity contribution in [2.75, 3.05) is 13.2 Å². The Morgan fingerprint density at radius 3 is 2.56 bits per heavy atom. The highest BCUT2D eigenvalue weighted by molar-refractivity contribution is 6.31. The van der Waals surface area contributed by atoms with Crippen LogP contribution in [0, 0.1) is 5.82 Å². The summed E-state index contributed by atoms with van der Waals surface area (Å²) in [7, 11) is 0. The zero-order valence-electron chi connectivity index (χ0n) is 16.8. The summed E-state index contributed by atoms with van der Waals surface area (Å²) in [5.41, 5.74) is 0.740. The van der Waals surface area contributed by atoms with E-state index in [0.29, 0.717) is 35.6 Å². The van der Waals surface area contributed by atoms with Gasteiger partial charge >= 0.3 is 0 Å². The average molecular weight is 477 g/mol. The molecular weight excluding hydrogens is 458 g/mol. The maximum Gasteiger partial charge on any atom is 0.258 e. The van der Waals surface area contributed by atoms with Crippen LogP contribution >= 0.6 is 23.2 Å². The summed E-state index contributed by atoms with van der Waals surface area (Å²) in [6, 6.07) is 9.30. The number of carbonyl (C=O) groups excluding carboxylic acids is 2. The van der Waals surface area contributed by atoms with E-state index in [9.17, 15) is 14.0 Å². The van der Waals surface area contributed by atoms with Gasteiger partial charge in [0.15, 0.2) is 6.61 Å². The molecule has 6 nitrogen and oxygen atoms in total. The van der Waals surface area contributed by atoms with Crippen molar-refractivity contribution in [1.29, 1.82) is 0 Å². The van der Waals surface area contributed by atoms with Crippen molar-refractivity contribution in [3.63, 3.8) is 0 Å². The fourth-order valence-electron chi connectivity index (χ4n) is 4.69. The minimum absolute atomic E-state index is 0.00725. The summed E-state index contributed by atoms with van der Waals surface area (Å²) in [5, 5.41) is 6.63. The summed E-state index contributed by atoms with van der Waals surface area (Å²) in [4.78, 5) is 25.0. The number of carbonyl (C=O) groups is 2. The Morgan fingerprint density at radius 2 is 1.81 bits per heavy atom. The number of ether oxygens (including phenoxy) is 2. The maximum atomic E-state index is 13.5. The van der Waals surface area contributed by atoms with Gasteiger partial charge in [0.25, 0.3) is 11.8 Å². The van der Waals surface area contributed by atoms with Crippen molar-refractivity contribution in [1.82, 2.24) is 10.6 Å². The summed E-state index contributed by atoms with van der Waals surface area (Å²) in [6.45, 7) is -0.0460. The first-order valence-corrected chi connectivity index (χ1v) is 10.8. The standard InChI is InChI=1S/C23H19Cl2FN2O4/c24-15-2-1-13-5-14(8-32-19(13)6-15)21(30)28-23-10-22(11-23,12-23)27-20(29)9-31-16-3-4-17(25)18(26)7-16/h1-7H,8-12H2,(H,27,29)(H,28,30). The summed E-state index contributed by atoms with van der Waals surface area (Å²) < 4.78 is 24.4. The first-order valence-electron chi connectivity index (χ1n) is 10.1. The number of hydrogen-bond acceptors (Lipinski definition) is 4. The molecule has 166 valence electrons. The second kappa shape index (κ2) is 7.67. The lowest BCUT2D eigenvalue weighted by Gasteiger charge is -2.70. The zero-order valence-corrected chi connectivity index (χ0v) is 18.4. The van der Waals surface area contributed by atoms with Crippen LogP contribution in [0.4, 0.5) is 4.39 Å². The molecule has 0 radical (unpaired) electrons. The molecule has 0 atom stereocenters. The molecule has 3 fully saturated rings. The van der Waals surface area contributed by atoms with Crippen molar-refractivity contribution in [3.8, 4) is 11.5 Å². The first-order chi connectivity index (χ1) is 15.2. The number of nitrogens with one attached hydrogen (secondary N) is 2. The molecular formula is C23H19Cl2FN2O4. The van der Waals surface area contributed by atoms with Gasteiger partial charge in [-0.05, 0) is 55.7 Å². The van der Waals surface area contributed by atoms with Crippen LogP contribution in [0.25, 0.3) is 6.08 Å². The van der Waals surface area contributed by atoms with Gasteiger partial charge in [-0.25, -0.2) is 4.39 Å². The summed E-state index contributed by atoms with van der Waals surface area (Å²) >= 11 is 11.6. The number of amides is 2. The molecule has 0 unspecified atom stereocenters. The molecule has 4 aliphatic rings. The first kappa shape index (κ1) is 21.1. The number of benzene rings is 2. The van der Waals surface area contributed by atoms with E-state index in [2.05, 4.69) is 10.6 Å². The maximum absolute atomic E-state index is 13.5. The van der Waals surface area contributed by atoms with Gasteiger partial charge in [-0.1, -0.05) is 23.2 Å². The van der Waals surface area contributed by atoms with E-state index in [-0.39, 0.29) is 46.9 Å². The van der Waals surface area contributed by atoms with Crippen LogP contribution in [-0.4, -0.2) is 36.1 Å². The Bertz CT molecular complexity index is 1150. The Labute approximate surface area is 193 Å². The minimum Gasteiger partial charge on any atom is -0.488 e. The molecule has 32 heavy (non-hydrogen) atoms. The van der Waals surface area contributed by atoms with Crippen molar-refractivity contribution < 1.29 is 23.5 Å². The van der Waals surface area contributed by atoms with E-state index in [1.54, 1.807) is 12.1 Å². The number of hydrogen-bond donors (Lipinski definition) is 2. The molecule has 0 aromatic heterocycles. The fourth-order valence-corrected chi connectivity index (χ4v) is 4.97. The van der Waals surface area contributed by atoms with Gasteiger partial charge in [-0.15, -0.1) is 0 Å². The highest BCUT2D eigenvalue weighted by Crippen LogP contribution is 2.60. The molecule has 9 heteroatoms. The Balaban J connectivity index is 1.11. The van der Waals surface area contributed by atoms with E-state index in [4.69, 9.17) is 32.7 Å². The molecule has 2 aromatic carbocycles. The lowest BCUT2D eigenvalue weighted by atomic mass is 9.44. The van der Waals surface area contributed by atoms with Crippen LogP contribution < -0.4 is 20.1 Å². The normalized spacial score (nSPS) is 24.7. The van der Waals surface area contributed by atoms with E-state index in [0.717, 1.165) is 11.6 Å². The SMILES string of the molecule is O=C(COc1ccc(Cl)c(F)c1)NC12CC(NC(=O)C3=Cc4ccc(Cl)cc4OC3)(C1)C2. The molecule has 6 rings (SSSR count). The highest BCUT2D eigenvalue weighted by atomic mass is 35.5. The van der Waals surface area contributed by atoms with E-state index < -0.39 is 5.82 Å².